The molecule has 0 amide bonds. The molecule has 1 aromatic heterocycles. The monoisotopic (exact) mass is 232 g/mol. The van der Waals surface area contributed by atoms with Crippen LogP contribution in [-0.4, -0.2) is 35.6 Å². The van der Waals surface area contributed by atoms with Gasteiger partial charge >= 0.3 is 0 Å². The lowest BCUT2D eigenvalue weighted by molar-refractivity contribution is 0.118. The number of fused-ring (bicyclic) bond motifs is 2. The van der Waals surface area contributed by atoms with Crippen molar-refractivity contribution in [3.63, 3.8) is 0 Å². The van der Waals surface area contributed by atoms with Crippen LogP contribution < -0.4 is 4.74 Å². The van der Waals surface area contributed by atoms with Gasteiger partial charge < -0.3 is 4.74 Å². The number of likely N-dealkylation sites (N-methyl/N-ethyl adjacent to an activating group) is 1. The quantitative estimate of drug-likeness (QED) is 0.799. The molecule has 1 aromatic rings. The molecule has 2 heterocycles. The van der Waals surface area contributed by atoms with E-state index in [1.54, 1.807) is 0 Å². The van der Waals surface area contributed by atoms with Crippen LogP contribution >= 0.6 is 0 Å². The zero-order chi connectivity index (χ0) is 11.8. The average molecular weight is 232 g/mol. The van der Waals surface area contributed by atoms with E-state index in [2.05, 4.69) is 16.9 Å². The highest BCUT2D eigenvalue weighted by atomic mass is 16.5. The molecular formula is C14H20N2O. The van der Waals surface area contributed by atoms with E-state index in [0.29, 0.717) is 6.04 Å². The van der Waals surface area contributed by atoms with E-state index in [1.165, 1.54) is 19.3 Å². The normalized spacial score (nSPS) is 32.0. The summed E-state index contributed by atoms with van der Waals surface area (Å²) in [6, 6.07) is 5.43. The van der Waals surface area contributed by atoms with Crippen molar-refractivity contribution < 1.29 is 4.74 Å². The van der Waals surface area contributed by atoms with Crippen molar-refractivity contribution in [3.8, 4) is 5.75 Å². The number of ether oxygens (including phenoxy) is 1. The molecule has 2 aliphatic rings. The van der Waals surface area contributed by atoms with E-state index >= 15 is 0 Å². The number of likely N-dealkylation sites (tertiary alicyclic amines) is 1. The predicted molar refractivity (Wildman–Crippen MR) is 67.1 cm³/mol. The zero-order valence-electron chi connectivity index (χ0n) is 10.6. The van der Waals surface area contributed by atoms with Crippen LogP contribution in [0, 0.1) is 12.8 Å². The maximum Gasteiger partial charge on any atom is 0.137 e. The molecule has 3 rings (SSSR count). The summed E-state index contributed by atoms with van der Waals surface area (Å²) in [5.41, 5.74) is 1.04. The lowest BCUT2D eigenvalue weighted by Gasteiger charge is -2.31. The minimum atomic E-state index is 0.607. The topological polar surface area (TPSA) is 25.4 Å². The maximum atomic E-state index is 5.86. The highest BCUT2D eigenvalue weighted by Crippen LogP contribution is 2.41. The van der Waals surface area contributed by atoms with E-state index in [0.717, 1.165) is 30.0 Å². The summed E-state index contributed by atoms with van der Waals surface area (Å²) in [4.78, 5) is 6.76. The number of aromatic nitrogens is 1. The molecule has 0 aromatic carbocycles. The van der Waals surface area contributed by atoms with Crippen molar-refractivity contribution in [1.29, 1.82) is 0 Å². The Balaban J connectivity index is 1.59. The summed E-state index contributed by atoms with van der Waals surface area (Å²) in [5.74, 6) is 1.75. The molecule has 92 valence electrons. The molecule has 3 heteroatoms. The fourth-order valence-corrected chi connectivity index (χ4v) is 3.29. The number of aryl methyl sites for hydroxylation is 1. The Morgan fingerprint density at radius 2 is 2.29 bits per heavy atom. The molecular weight excluding hydrogens is 212 g/mol. The van der Waals surface area contributed by atoms with Crippen molar-refractivity contribution in [3.05, 3.63) is 24.0 Å². The van der Waals surface area contributed by atoms with E-state index < -0.39 is 0 Å². The van der Waals surface area contributed by atoms with Crippen LogP contribution in [0.5, 0.6) is 5.75 Å². The van der Waals surface area contributed by atoms with Crippen molar-refractivity contribution in [2.24, 2.45) is 5.92 Å². The molecule has 2 bridgehead atoms. The van der Waals surface area contributed by atoms with Crippen LogP contribution in [0.3, 0.4) is 0 Å². The van der Waals surface area contributed by atoms with Crippen LogP contribution in [0.4, 0.5) is 0 Å². The van der Waals surface area contributed by atoms with E-state index in [9.17, 15) is 0 Å². The Bertz CT molecular complexity index is 388. The molecule has 0 unspecified atom stereocenters. The van der Waals surface area contributed by atoms with Gasteiger partial charge in [-0.1, -0.05) is 0 Å². The molecule has 1 saturated heterocycles. The largest absolute Gasteiger partial charge is 0.490 e. The average Bonchev–Trinajstić information content (AvgIpc) is 2.90. The van der Waals surface area contributed by atoms with Gasteiger partial charge in [-0.25, -0.2) is 0 Å². The second-order valence-corrected chi connectivity index (χ2v) is 5.41. The Labute approximate surface area is 103 Å². The van der Waals surface area contributed by atoms with Crippen molar-refractivity contribution in [2.75, 3.05) is 13.7 Å². The summed E-state index contributed by atoms with van der Waals surface area (Å²) in [5, 5.41) is 0. The molecule has 2 fully saturated rings. The minimum Gasteiger partial charge on any atom is -0.490 e. The van der Waals surface area contributed by atoms with Gasteiger partial charge in [0.25, 0.3) is 0 Å². The first-order valence-corrected chi connectivity index (χ1v) is 6.51. The maximum absolute atomic E-state index is 5.86. The molecule has 1 aliphatic carbocycles. The SMILES string of the molecule is Cc1ccc(OC[C@@H]2[C@@H]3CC[C@@H](C3)N2C)cn1. The lowest BCUT2D eigenvalue weighted by Crippen LogP contribution is -2.41. The van der Waals surface area contributed by atoms with Gasteiger partial charge in [0.1, 0.15) is 12.4 Å². The third kappa shape index (κ3) is 2.04. The van der Waals surface area contributed by atoms with Gasteiger partial charge in [-0.3, -0.25) is 9.88 Å². The highest BCUT2D eigenvalue weighted by Gasteiger charge is 2.43. The summed E-state index contributed by atoms with van der Waals surface area (Å²) in [6.45, 7) is 2.80. The van der Waals surface area contributed by atoms with Gasteiger partial charge in [-0.2, -0.15) is 0 Å². The summed E-state index contributed by atoms with van der Waals surface area (Å²) >= 11 is 0. The van der Waals surface area contributed by atoms with Crippen molar-refractivity contribution in [2.45, 2.75) is 38.3 Å². The second kappa shape index (κ2) is 4.30. The van der Waals surface area contributed by atoms with Gasteiger partial charge in [0, 0.05) is 17.8 Å². The molecule has 3 nitrogen and oxygen atoms in total. The third-order valence-electron chi connectivity index (χ3n) is 4.39. The summed E-state index contributed by atoms with van der Waals surface area (Å²) in [7, 11) is 2.24. The fourth-order valence-electron chi connectivity index (χ4n) is 3.29. The zero-order valence-corrected chi connectivity index (χ0v) is 10.6. The van der Waals surface area contributed by atoms with E-state index in [-0.39, 0.29) is 0 Å². The smallest absolute Gasteiger partial charge is 0.137 e. The number of nitrogens with zero attached hydrogens (tertiary/aromatic N) is 2. The van der Waals surface area contributed by atoms with Crippen LogP contribution in [0.25, 0.3) is 0 Å². The highest BCUT2D eigenvalue weighted by molar-refractivity contribution is 5.19. The van der Waals surface area contributed by atoms with Gasteiger partial charge in [-0.05, 0) is 51.3 Å². The first-order chi connectivity index (χ1) is 8.24. The fraction of sp³-hybridized carbons (Fsp3) is 0.643. The van der Waals surface area contributed by atoms with E-state index in [1.807, 2.05) is 25.3 Å². The molecule has 1 aliphatic heterocycles. The van der Waals surface area contributed by atoms with Crippen LogP contribution in [0.1, 0.15) is 25.0 Å². The summed E-state index contributed by atoms with van der Waals surface area (Å²) in [6.07, 6.45) is 5.96. The number of hydrogen-bond acceptors (Lipinski definition) is 3. The predicted octanol–water partition coefficient (Wildman–Crippen LogP) is 2.25. The van der Waals surface area contributed by atoms with Crippen LogP contribution in [0.15, 0.2) is 18.3 Å². The van der Waals surface area contributed by atoms with Crippen molar-refractivity contribution in [1.82, 2.24) is 9.88 Å². The van der Waals surface area contributed by atoms with Gasteiger partial charge in [-0.15, -0.1) is 0 Å². The molecule has 0 N–H and O–H groups in total. The number of rotatable bonds is 3. The van der Waals surface area contributed by atoms with Gasteiger partial charge in [0.2, 0.25) is 0 Å². The van der Waals surface area contributed by atoms with Gasteiger partial charge in [0.15, 0.2) is 0 Å². The Hall–Kier alpha value is -1.09. The van der Waals surface area contributed by atoms with Gasteiger partial charge in [0.05, 0.1) is 6.20 Å². The number of piperidine rings is 1. The second-order valence-electron chi connectivity index (χ2n) is 5.41. The molecule has 0 radical (unpaired) electrons. The Morgan fingerprint density at radius 3 is 2.94 bits per heavy atom. The third-order valence-corrected chi connectivity index (χ3v) is 4.39. The molecule has 1 saturated carbocycles. The molecule has 0 spiro atoms. The Morgan fingerprint density at radius 1 is 1.41 bits per heavy atom. The summed E-state index contributed by atoms with van der Waals surface area (Å²) < 4.78 is 5.86. The van der Waals surface area contributed by atoms with E-state index in [4.69, 9.17) is 4.74 Å². The number of hydrogen-bond donors (Lipinski definition) is 0. The van der Waals surface area contributed by atoms with Crippen molar-refractivity contribution >= 4 is 0 Å². The molecule has 3 atom stereocenters. The first kappa shape index (κ1) is 11.0. The lowest BCUT2D eigenvalue weighted by atomic mass is 10.00. The van der Waals surface area contributed by atoms with Crippen LogP contribution in [-0.2, 0) is 0 Å². The van der Waals surface area contributed by atoms with Crippen LogP contribution in [0.2, 0.25) is 0 Å². The first-order valence-electron chi connectivity index (χ1n) is 6.51. The minimum absolute atomic E-state index is 0.607. The standard InChI is InChI=1S/C14H20N2O/c1-10-3-6-13(8-15-10)17-9-14-11-4-5-12(7-11)16(14)2/h3,6,8,11-12,14H,4-5,7,9H2,1-2H3/t11-,12+,14-/m1/s1. The number of pyridine rings is 1. The molecule has 17 heavy (non-hydrogen) atoms. The Kier molecular flexibility index (Phi) is 2.79.